The van der Waals surface area contributed by atoms with E-state index in [-0.39, 0.29) is 24.0 Å². The maximum atomic E-state index is 5.83. The van der Waals surface area contributed by atoms with Gasteiger partial charge in [-0.1, -0.05) is 0 Å². The van der Waals surface area contributed by atoms with Crippen LogP contribution in [0.4, 0.5) is 0 Å². The van der Waals surface area contributed by atoms with Gasteiger partial charge in [-0.05, 0) is 13.0 Å². The molecule has 8 heteroatoms. The summed E-state index contributed by atoms with van der Waals surface area (Å²) in [5.74, 6) is 0.496. The average Bonchev–Trinajstić information content (AvgIpc) is 2.88. The molecule has 2 rings (SSSR count). The number of nitrogens with one attached hydrogen (secondary N) is 1. The van der Waals surface area contributed by atoms with Crippen LogP contribution in [0.2, 0.25) is 0 Å². The van der Waals surface area contributed by atoms with Crippen molar-refractivity contribution in [2.75, 3.05) is 39.4 Å². The molecule has 21 heavy (non-hydrogen) atoms. The number of ether oxygens (including phenoxy) is 1. The van der Waals surface area contributed by atoms with Gasteiger partial charge in [-0.15, -0.1) is 24.0 Å². The Morgan fingerprint density at radius 1 is 1.48 bits per heavy atom. The van der Waals surface area contributed by atoms with Crippen molar-refractivity contribution in [3.05, 3.63) is 18.0 Å². The lowest BCUT2D eigenvalue weighted by Gasteiger charge is -2.26. The zero-order chi connectivity index (χ0) is 14.2. The number of hydrogen-bond acceptors (Lipinski definition) is 4. The van der Waals surface area contributed by atoms with Crippen molar-refractivity contribution in [3.8, 4) is 0 Å². The van der Waals surface area contributed by atoms with Crippen molar-refractivity contribution < 1.29 is 4.74 Å². The van der Waals surface area contributed by atoms with Gasteiger partial charge in [0, 0.05) is 38.4 Å². The smallest absolute Gasteiger partial charge is 0.188 e. The molecule has 7 nitrogen and oxygen atoms in total. The first kappa shape index (κ1) is 18.2. The van der Waals surface area contributed by atoms with E-state index in [2.05, 4.69) is 20.3 Å². The van der Waals surface area contributed by atoms with E-state index >= 15 is 0 Å². The zero-order valence-corrected chi connectivity index (χ0v) is 14.8. The third kappa shape index (κ3) is 7.09. The topological polar surface area (TPSA) is 80.7 Å². The third-order valence-corrected chi connectivity index (χ3v) is 3.25. The van der Waals surface area contributed by atoms with E-state index in [1.54, 1.807) is 10.9 Å². The van der Waals surface area contributed by atoms with Crippen molar-refractivity contribution >= 4 is 29.9 Å². The molecule has 0 aromatic carbocycles. The molecule has 0 spiro atoms. The highest BCUT2D eigenvalue weighted by Gasteiger charge is 2.08. The van der Waals surface area contributed by atoms with E-state index in [0.29, 0.717) is 12.5 Å². The molecule has 1 aliphatic rings. The fourth-order valence-electron chi connectivity index (χ4n) is 2.13. The lowest BCUT2D eigenvalue weighted by Crippen LogP contribution is -2.39. The molecular formula is C13H25IN6O. The first-order valence-corrected chi connectivity index (χ1v) is 7.05. The SMILES string of the molecule is Cn1cc(CN=C(N)NCCCN2CCOCC2)cn1.I. The Labute approximate surface area is 142 Å². The van der Waals surface area contributed by atoms with Crippen LogP contribution >= 0.6 is 24.0 Å². The largest absolute Gasteiger partial charge is 0.379 e. The van der Waals surface area contributed by atoms with E-state index in [1.807, 2.05) is 13.2 Å². The zero-order valence-electron chi connectivity index (χ0n) is 12.5. The Morgan fingerprint density at radius 2 is 2.24 bits per heavy atom. The van der Waals surface area contributed by atoms with Gasteiger partial charge in [0.05, 0.1) is 26.0 Å². The van der Waals surface area contributed by atoms with Crippen molar-refractivity contribution in [2.24, 2.45) is 17.8 Å². The van der Waals surface area contributed by atoms with E-state index in [1.165, 1.54) is 0 Å². The number of morpholine rings is 1. The van der Waals surface area contributed by atoms with Crippen LogP contribution in [0.1, 0.15) is 12.0 Å². The highest BCUT2D eigenvalue weighted by Crippen LogP contribution is 1.98. The Balaban J connectivity index is 0.00000220. The summed E-state index contributed by atoms with van der Waals surface area (Å²) in [6.07, 6.45) is 4.80. The van der Waals surface area contributed by atoms with Crippen LogP contribution in [0.5, 0.6) is 0 Å². The summed E-state index contributed by atoms with van der Waals surface area (Å²) in [6, 6.07) is 0. The van der Waals surface area contributed by atoms with Crippen LogP contribution < -0.4 is 11.1 Å². The number of aryl methyl sites for hydroxylation is 1. The minimum absolute atomic E-state index is 0. The van der Waals surface area contributed by atoms with Crippen molar-refractivity contribution in [1.82, 2.24) is 20.0 Å². The van der Waals surface area contributed by atoms with E-state index in [9.17, 15) is 0 Å². The molecule has 0 aliphatic carbocycles. The molecule has 3 N–H and O–H groups in total. The number of hydrogen-bond donors (Lipinski definition) is 2. The Kier molecular flexibility index (Phi) is 8.62. The quantitative estimate of drug-likeness (QED) is 0.304. The number of aliphatic imine (C=N–C) groups is 1. The van der Waals surface area contributed by atoms with Gasteiger partial charge >= 0.3 is 0 Å². The van der Waals surface area contributed by atoms with Gasteiger partial charge in [0.2, 0.25) is 0 Å². The van der Waals surface area contributed by atoms with Crippen LogP contribution in [0.15, 0.2) is 17.4 Å². The molecule has 0 unspecified atom stereocenters. The molecule has 0 atom stereocenters. The molecule has 1 aromatic heterocycles. The number of nitrogens with zero attached hydrogens (tertiary/aromatic N) is 4. The summed E-state index contributed by atoms with van der Waals surface area (Å²) < 4.78 is 7.08. The number of guanidine groups is 1. The summed E-state index contributed by atoms with van der Waals surface area (Å²) >= 11 is 0. The first-order valence-electron chi connectivity index (χ1n) is 7.05. The number of nitrogens with two attached hydrogens (primary N) is 1. The fraction of sp³-hybridized carbons (Fsp3) is 0.692. The van der Waals surface area contributed by atoms with Crippen molar-refractivity contribution in [2.45, 2.75) is 13.0 Å². The second kappa shape index (κ2) is 9.96. The molecule has 0 bridgehead atoms. The first-order chi connectivity index (χ1) is 9.74. The number of aromatic nitrogens is 2. The van der Waals surface area contributed by atoms with E-state index < -0.39 is 0 Å². The van der Waals surface area contributed by atoms with Crippen LogP contribution in [0.3, 0.4) is 0 Å². The van der Waals surface area contributed by atoms with Crippen molar-refractivity contribution in [3.63, 3.8) is 0 Å². The molecule has 2 heterocycles. The average molecular weight is 408 g/mol. The van der Waals surface area contributed by atoms with Gasteiger partial charge in [-0.2, -0.15) is 5.10 Å². The molecule has 1 saturated heterocycles. The fourth-order valence-corrected chi connectivity index (χ4v) is 2.13. The lowest BCUT2D eigenvalue weighted by atomic mass is 10.3. The minimum atomic E-state index is 0. The van der Waals surface area contributed by atoms with Crippen LogP contribution in [-0.4, -0.2) is 60.0 Å². The maximum absolute atomic E-state index is 5.83. The standard InChI is InChI=1S/C13H24N6O.HI/c1-18-11-12(10-17-18)9-16-13(14)15-3-2-4-19-5-7-20-8-6-19;/h10-11H,2-9H2,1H3,(H3,14,15,16);1H. The van der Waals surface area contributed by atoms with Gasteiger partial charge in [0.1, 0.15) is 0 Å². The number of rotatable bonds is 6. The van der Waals surface area contributed by atoms with E-state index in [4.69, 9.17) is 10.5 Å². The highest BCUT2D eigenvalue weighted by atomic mass is 127. The van der Waals surface area contributed by atoms with Crippen LogP contribution in [0, 0.1) is 0 Å². The Morgan fingerprint density at radius 3 is 2.90 bits per heavy atom. The highest BCUT2D eigenvalue weighted by molar-refractivity contribution is 14.0. The van der Waals surface area contributed by atoms with Gasteiger partial charge in [0.25, 0.3) is 0 Å². The number of halogens is 1. The maximum Gasteiger partial charge on any atom is 0.188 e. The van der Waals surface area contributed by atoms with Gasteiger partial charge in [-0.3, -0.25) is 9.58 Å². The Bertz CT molecular complexity index is 430. The minimum Gasteiger partial charge on any atom is -0.379 e. The summed E-state index contributed by atoms with van der Waals surface area (Å²) in [5.41, 5.74) is 6.89. The molecule has 0 radical (unpaired) electrons. The second-order valence-electron chi connectivity index (χ2n) is 4.96. The molecule has 120 valence electrons. The second-order valence-corrected chi connectivity index (χ2v) is 4.96. The third-order valence-electron chi connectivity index (χ3n) is 3.25. The molecule has 1 aliphatic heterocycles. The Hall–Kier alpha value is -0.870. The van der Waals surface area contributed by atoms with Crippen molar-refractivity contribution in [1.29, 1.82) is 0 Å². The summed E-state index contributed by atoms with van der Waals surface area (Å²) in [5, 5.41) is 7.23. The normalized spacial score (nSPS) is 16.5. The molecule has 0 amide bonds. The van der Waals surface area contributed by atoms with Gasteiger partial charge < -0.3 is 15.8 Å². The monoisotopic (exact) mass is 408 g/mol. The lowest BCUT2D eigenvalue weighted by molar-refractivity contribution is 0.0376. The summed E-state index contributed by atoms with van der Waals surface area (Å²) in [6.45, 7) is 6.25. The van der Waals surface area contributed by atoms with Gasteiger partial charge in [-0.25, -0.2) is 4.99 Å². The van der Waals surface area contributed by atoms with Crippen LogP contribution in [0.25, 0.3) is 0 Å². The predicted molar refractivity (Wildman–Crippen MR) is 93.8 cm³/mol. The van der Waals surface area contributed by atoms with Crippen LogP contribution in [-0.2, 0) is 18.3 Å². The summed E-state index contributed by atoms with van der Waals surface area (Å²) in [4.78, 5) is 6.70. The summed E-state index contributed by atoms with van der Waals surface area (Å²) in [7, 11) is 1.89. The molecule has 1 aromatic rings. The molecule has 1 fully saturated rings. The predicted octanol–water partition coefficient (Wildman–Crippen LogP) is 0.165. The molecular weight excluding hydrogens is 383 g/mol. The van der Waals surface area contributed by atoms with E-state index in [0.717, 1.165) is 51.4 Å². The molecule has 0 saturated carbocycles. The van der Waals surface area contributed by atoms with Gasteiger partial charge in [0.15, 0.2) is 5.96 Å².